The summed E-state index contributed by atoms with van der Waals surface area (Å²) in [5.74, 6) is 0. The molecule has 138 valence electrons. The molecule has 0 unspecified atom stereocenters. The minimum absolute atomic E-state index is 0.0805. The van der Waals surface area contributed by atoms with Crippen molar-refractivity contribution in [2.45, 2.75) is 70.1 Å². The summed E-state index contributed by atoms with van der Waals surface area (Å²) >= 11 is 0. The predicted molar refractivity (Wildman–Crippen MR) is 103 cm³/mol. The van der Waals surface area contributed by atoms with Crippen LogP contribution in [0.25, 0.3) is 0 Å². The summed E-state index contributed by atoms with van der Waals surface area (Å²) in [7, 11) is -5.24. The molecule has 0 aliphatic heterocycles. The maximum Gasteiger partial charge on any atom is 0.243 e. The van der Waals surface area contributed by atoms with Crippen LogP contribution >= 0.6 is 0 Å². The lowest BCUT2D eigenvalue weighted by atomic mass is 10.2. The zero-order valence-electron chi connectivity index (χ0n) is 16.2. The first kappa shape index (κ1) is 21.3. The van der Waals surface area contributed by atoms with Gasteiger partial charge in [-0.15, -0.1) is 0 Å². The van der Waals surface area contributed by atoms with E-state index in [0.717, 1.165) is 0 Å². The van der Waals surface area contributed by atoms with E-state index in [9.17, 15) is 8.42 Å². The number of hydrogen-bond donors (Lipinski definition) is 0. The molecule has 0 atom stereocenters. The SMILES string of the molecule is CC(C)N(CCCO[Si](C)(C)C(C)(C)C)S(=O)(=O)c1ccccc1. The largest absolute Gasteiger partial charge is 0.417 e. The molecule has 1 rings (SSSR count). The van der Waals surface area contributed by atoms with Crippen molar-refractivity contribution in [1.29, 1.82) is 0 Å². The lowest BCUT2D eigenvalue weighted by Gasteiger charge is -2.36. The van der Waals surface area contributed by atoms with Gasteiger partial charge < -0.3 is 4.43 Å². The molecule has 6 heteroatoms. The lowest BCUT2D eigenvalue weighted by molar-refractivity contribution is 0.256. The highest BCUT2D eigenvalue weighted by molar-refractivity contribution is 7.89. The fourth-order valence-corrected chi connectivity index (χ4v) is 4.93. The second-order valence-electron chi connectivity index (χ2n) is 7.98. The van der Waals surface area contributed by atoms with Gasteiger partial charge in [0, 0.05) is 19.2 Å². The van der Waals surface area contributed by atoms with Gasteiger partial charge in [0.1, 0.15) is 0 Å². The van der Waals surface area contributed by atoms with Gasteiger partial charge in [0.15, 0.2) is 8.32 Å². The summed E-state index contributed by atoms with van der Waals surface area (Å²) in [6.45, 7) is 16.0. The first-order valence-corrected chi connectivity index (χ1v) is 13.0. The Morgan fingerprint density at radius 1 is 1.12 bits per heavy atom. The van der Waals surface area contributed by atoms with Crippen LogP contribution in [-0.2, 0) is 14.4 Å². The number of benzene rings is 1. The molecule has 0 aliphatic rings. The van der Waals surface area contributed by atoms with Crippen molar-refractivity contribution in [3.63, 3.8) is 0 Å². The van der Waals surface area contributed by atoms with Crippen LogP contribution < -0.4 is 0 Å². The molecular weight excluding hydrogens is 338 g/mol. The van der Waals surface area contributed by atoms with Crippen LogP contribution in [0.2, 0.25) is 18.1 Å². The minimum atomic E-state index is -3.46. The van der Waals surface area contributed by atoms with Gasteiger partial charge in [-0.05, 0) is 50.5 Å². The fraction of sp³-hybridized carbons (Fsp3) is 0.667. The summed E-state index contributed by atoms with van der Waals surface area (Å²) in [4.78, 5) is 0.351. The first-order chi connectivity index (χ1) is 10.9. The van der Waals surface area contributed by atoms with Crippen molar-refractivity contribution in [2.24, 2.45) is 0 Å². The van der Waals surface area contributed by atoms with E-state index < -0.39 is 18.3 Å². The van der Waals surface area contributed by atoms with Crippen LogP contribution in [-0.4, -0.2) is 40.2 Å². The van der Waals surface area contributed by atoms with Gasteiger partial charge in [0.25, 0.3) is 0 Å². The Kier molecular flexibility index (Phi) is 7.23. The van der Waals surface area contributed by atoms with E-state index in [4.69, 9.17) is 4.43 Å². The van der Waals surface area contributed by atoms with Crippen LogP contribution in [0.1, 0.15) is 41.0 Å². The molecule has 4 nitrogen and oxygen atoms in total. The van der Waals surface area contributed by atoms with Crippen molar-refractivity contribution in [3.8, 4) is 0 Å². The molecule has 1 aromatic rings. The van der Waals surface area contributed by atoms with E-state index in [1.54, 1.807) is 28.6 Å². The van der Waals surface area contributed by atoms with Crippen LogP contribution in [0, 0.1) is 0 Å². The number of sulfonamides is 1. The van der Waals surface area contributed by atoms with E-state index in [2.05, 4.69) is 33.9 Å². The molecule has 0 bridgehead atoms. The van der Waals surface area contributed by atoms with Crippen molar-refractivity contribution in [1.82, 2.24) is 4.31 Å². The van der Waals surface area contributed by atoms with Crippen molar-refractivity contribution < 1.29 is 12.8 Å². The van der Waals surface area contributed by atoms with Crippen LogP contribution in [0.3, 0.4) is 0 Å². The molecule has 0 saturated heterocycles. The zero-order chi connectivity index (χ0) is 18.6. The third-order valence-electron chi connectivity index (χ3n) is 4.72. The maximum atomic E-state index is 12.8. The summed E-state index contributed by atoms with van der Waals surface area (Å²) in [5, 5.41) is 0.168. The third kappa shape index (κ3) is 5.41. The minimum Gasteiger partial charge on any atom is -0.417 e. The highest BCUT2D eigenvalue weighted by Crippen LogP contribution is 2.36. The maximum absolute atomic E-state index is 12.8. The Morgan fingerprint density at radius 3 is 2.12 bits per heavy atom. The van der Waals surface area contributed by atoms with Crippen LogP contribution in [0.4, 0.5) is 0 Å². The molecule has 0 aromatic heterocycles. The molecule has 0 radical (unpaired) electrons. The van der Waals surface area contributed by atoms with Gasteiger partial charge in [-0.1, -0.05) is 39.0 Å². The van der Waals surface area contributed by atoms with E-state index in [0.29, 0.717) is 24.5 Å². The molecule has 1 aromatic carbocycles. The third-order valence-corrected chi connectivity index (χ3v) is 11.3. The summed E-state index contributed by atoms with van der Waals surface area (Å²) in [6.07, 6.45) is 0.705. The van der Waals surface area contributed by atoms with E-state index >= 15 is 0 Å². The van der Waals surface area contributed by atoms with E-state index in [1.165, 1.54) is 0 Å². The molecule has 0 fully saturated rings. The second kappa shape index (κ2) is 8.12. The average molecular weight is 372 g/mol. The Labute approximate surface area is 149 Å². The zero-order valence-corrected chi connectivity index (χ0v) is 18.0. The summed E-state index contributed by atoms with van der Waals surface area (Å²) < 4.78 is 33.4. The van der Waals surface area contributed by atoms with Crippen molar-refractivity contribution in [3.05, 3.63) is 30.3 Å². The normalized spacial score (nSPS) is 13.7. The Balaban J connectivity index is 2.72. The quantitative estimate of drug-likeness (QED) is 0.499. The Bertz CT molecular complexity index is 607. The van der Waals surface area contributed by atoms with E-state index in [1.807, 2.05) is 19.9 Å². The van der Waals surface area contributed by atoms with E-state index in [-0.39, 0.29) is 11.1 Å². The second-order valence-corrected chi connectivity index (χ2v) is 14.7. The molecule has 0 N–H and O–H groups in total. The summed E-state index contributed by atoms with van der Waals surface area (Å²) in [5.41, 5.74) is 0. The van der Waals surface area contributed by atoms with Gasteiger partial charge in [-0.3, -0.25) is 0 Å². The Hall–Kier alpha value is -0.693. The number of nitrogens with zero attached hydrogens (tertiary/aromatic N) is 1. The lowest BCUT2D eigenvalue weighted by Crippen LogP contribution is -2.42. The van der Waals surface area contributed by atoms with Crippen molar-refractivity contribution in [2.75, 3.05) is 13.2 Å². The monoisotopic (exact) mass is 371 g/mol. The highest BCUT2D eigenvalue weighted by Gasteiger charge is 2.37. The predicted octanol–water partition coefficient (Wildman–Crippen LogP) is 4.50. The average Bonchev–Trinajstić information content (AvgIpc) is 2.46. The molecule has 0 saturated carbocycles. The topological polar surface area (TPSA) is 46.6 Å². The first-order valence-electron chi connectivity index (χ1n) is 8.60. The molecular formula is C18H33NO3SSi. The van der Waals surface area contributed by atoms with Gasteiger partial charge in [-0.25, -0.2) is 8.42 Å². The van der Waals surface area contributed by atoms with Crippen molar-refractivity contribution >= 4 is 18.3 Å². The van der Waals surface area contributed by atoms with Gasteiger partial charge in [0.2, 0.25) is 10.0 Å². The molecule has 0 amide bonds. The van der Waals surface area contributed by atoms with Crippen LogP contribution in [0.5, 0.6) is 0 Å². The smallest absolute Gasteiger partial charge is 0.243 e. The molecule has 0 heterocycles. The number of rotatable bonds is 8. The highest BCUT2D eigenvalue weighted by atomic mass is 32.2. The van der Waals surface area contributed by atoms with Gasteiger partial charge in [-0.2, -0.15) is 4.31 Å². The van der Waals surface area contributed by atoms with Gasteiger partial charge >= 0.3 is 0 Å². The molecule has 24 heavy (non-hydrogen) atoms. The Morgan fingerprint density at radius 2 is 1.67 bits per heavy atom. The van der Waals surface area contributed by atoms with Gasteiger partial charge in [0.05, 0.1) is 4.90 Å². The fourth-order valence-electron chi connectivity index (χ4n) is 2.15. The molecule has 0 spiro atoms. The van der Waals surface area contributed by atoms with Crippen LogP contribution in [0.15, 0.2) is 35.2 Å². The standard InChI is InChI=1S/C18H33NO3SSi/c1-16(2)19(23(20,21)17-12-9-8-10-13-17)14-11-15-22-24(6,7)18(3,4)5/h8-10,12-13,16H,11,14-15H2,1-7H3. The molecule has 0 aliphatic carbocycles. The number of hydrogen-bond acceptors (Lipinski definition) is 3. The summed E-state index contributed by atoms with van der Waals surface area (Å²) in [6, 6.07) is 8.56.